The zero-order chi connectivity index (χ0) is 15.6. The normalized spacial score (nSPS) is 16.0. The van der Waals surface area contributed by atoms with E-state index in [1.807, 2.05) is 0 Å². The Morgan fingerprint density at radius 2 is 2.00 bits per heavy atom. The SMILES string of the molecule is CCC1CCN(C(=O)c2cc(F)cc([N+](=O)[O-])c2F)CC1. The van der Waals surface area contributed by atoms with Crippen molar-refractivity contribution in [2.75, 3.05) is 13.1 Å². The molecule has 0 aliphatic carbocycles. The number of carbonyl (C=O) groups is 1. The molecule has 0 radical (unpaired) electrons. The lowest BCUT2D eigenvalue weighted by Gasteiger charge is -2.31. The van der Waals surface area contributed by atoms with Crippen LogP contribution in [-0.2, 0) is 0 Å². The van der Waals surface area contributed by atoms with Crippen LogP contribution in [0.5, 0.6) is 0 Å². The molecule has 1 aromatic carbocycles. The minimum absolute atomic E-state index is 0.459. The topological polar surface area (TPSA) is 63.5 Å². The van der Waals surface area contributed by atoms with Crippen LogP contribution >= 0.6 is 0 Å². The second-order valence-electron chi connectivity index (χ2n) is 5.19. The molecule has 0 aromatic heterocycles. The monoisotopic (exact) mass is 298 g/mol. The molecule has 5 nitrogen and oxygen atoms in total. The summed E-state index contributed by atoms with van der Waals surface area (Å²) in [6, 6.07) is 1.20. The van der Waals surface area contributed by atoms with E-state index in [2.05, 4.69) is 6.92 Å². The lowest BCUT2D eigenvalue weighted by molar-refractivity contribution is -0.387. The largest absolute Gasteiger partial charge is 0.339 e. The van der Waals surface area contributed by atoms with Gasteiger partial charge in [-0.05, 0) is 24.8 Å². The van der Waals surface area contributed by atoms with Crippen LogP contribution in [0.2, 0.25) is 0 Å². The summed E-state index contributed by atoms with van der Waals surface area (Å²) in [7, 11) is 0. The third kappa shape index (κ3) is 3.17. The van der Waals surface area contributed by atoms with Gasteiger partial charge >= 0.3 is 5.69 Å². The van der Waals surface area contributed by atoms with Crippen molar-refractivity contribution in [3.63, 3.8) is 0 Å². The van der Waals surface area contributed by atoms with Crippen molar-refractivity contribution in [1.29, 1.82) is 0 Å². The Hall–Kier alpha value is -2.05. The van der Waals surface area contributed by atoms with Gasteiger partial charge in [0.05, 0.1) is 16.6 Å². The predicted molar refractivity (Wildman–Crippen MR) is 71.9 cm³/mol. The Kier molecular flexibility index (Phi) is 4.50. The van der Waals surface area contributed by atoms with Gasteiger partial charge in [0.15, 0.2) is 0 Å². The molecule has 1 saturated heterocycles. The summed E-state index contributed by atoms with van der Waals surface area (Å²) in [5, 5.41) is 10.7. The number of likely N-dealkylation sites (tertiary alicyclic amines) is 1. The molecule has 0 N–H and O–H groups in total. The van der Waals surface area contributed by atoms with Crippen LogP contribution in [0.1, 0.15) is 36.5 Å². The fourth-order valence-corrected chi connectivity index (χ4v) is 2.58. The highest BCUT2D eigenvalue weighted by molar-refractivity contribution is 5.95. The quantitative estimate of drug-likeness (QED) is 0.636. The van der Waals surface area contributed by atoms with E-state index in [0.717, 1.165) is 25.3 Å². The second-order valence-corrected chi connectivity index (χ2v) is 5.19. The third-order valence-corrected chi connectivity index (χ3v) is 3.92. The molecule has 0 atom stereocenters. The fraction of sp³-hybridized carbons (Fsp3) is 0.500. The summed E-state index contributed by atoms with van der Waals surface area (Å²) in [5.41, 5.74) is -1.58. The molecule has 1 fully saturated rings. The van der Waals surface area contributed by atoms with E-state index in [1.54, 1.807) is 0 Å². The van der Waals surface area contributed by atoms with Crippen LogP contribution in [0.4, 0.5) is 14.5 Å². The molecule has 21 heavy (non-hydrogen) atoms. The van der Waals surface area contributed by atoms with Gasteiger partial charge in [0.1, 0.15) is 5.82 Å². The van der Waals surface area contributed by atoms with Gasteiger partial charge in [-0.15, -0.1) is 0 Å². The van der Waals surface area contributed by atoms with E-state index in [1.165, 1.54) is 4.90 Å². The molecule has 114 valence electrons. The third-order valence-electron chi connectivity index (χ3n) is 3.92. The van der Waals surface area contributed by atoms with E-state index in [0.29, 0.717) is 25.1 Å². The summed E-state index contributed by atoms with van der Waals surface area (Å²) in [5.74, 6) is -2.43. The number of benzene rings is 1. The highest BCUT2D eigenvalue weighted by Gasteiger charge is 2.29. The minimum Gasteiger partial charge on any atom is -0.339 e. The average Bonchev–Trinajstić information content (AvgIpc) is 2.48. The molecule has 1 amide bonds. The molecule has 0 spiro atoms. The standard InChI is InChI=1S/C14H16F2N2O3/c1-2-9-3-5-17(6-4-9)14(19)11-7-10(15)8-12(13(11)16)18(20)21/h7-9H,2-6H2,1H3. The first-order valence-corrected chi connectivity index (χ1v) is 6.86. The van der Waals surface area contributed by atoms with Crippen molar-refractivity contribution in [2.24, 2.45) is 5.92 Å². The highest BCUT2D eigenvalue weighted by atomic mass is 19.1. The zero-order valence-electron chi connectivity index (χ0n) is 11.6. The van der Waals surface area contributed by atoms with Gasteiger partial charge in [-0.1, -0.05) is 13.3 Å². The number of hydrogen-bond acceptors (Lipinski definition) is 3. The highest BCUT2D eigenvalue weighted by Crippen LogP contribution is 2.26. The number of piperidine rings is 1. The molecule has 1 heterocycles. The Morgan fingerprint density at radius 1 is 1.38 bits per heavy atom. The smallest absolute Gasteiger partial charge is 0.308 e. The van der Waals surface area contributed by atoms with Crippen molar-refractivity contribution < 1.29 is 18.5 Å². The van der Waals surface area contributed by atoms with Crippen molar-refractivity contribution in [3.8, 4) is 0 Å². The first-order valence-electron chi connectivity index (χ1n) is 6.86. The Bertz CT molecular complexity index is 570. The van der Waals surface area contributed by atoms with Gasteiger partial charge in [-0.2, -0.15) is 4.39 Å². The second kappa shape index (κ2) is 6.15. The number of nitrogens with zero attached hydrogens (tertiary/aromatic N) is 2. The molecule has 0 saturated carbocycles. The fourth-order valence-electron chi connectivity index (χ4n) is 2.58. The number of carbonyl (C=O) groups excluding carboxylic acids is 1. The molecule has 0 bridgehead atoms. The van der Waals surface area contributed by atoms with Crippen molar-refractivity contribution >= 4 is 11.6 Å². The van der Waals surface area contributed by atoms with Crippen LogP contribution < -0.4 is 0 Å². The van der Waals surface area contributed by atoms with Gasteiger partial charge in [0.2, 0.25) is 5.82 Å². The van der Waals surface area contributed by atoms with Gasteiger partial charge in [-0.25, -0.2) is 4.39 Å². The number of nitro groups is 1. The van der Waals surface area contributed by atoms with E-state index in [4.69, 9.17) is 0 Å². The van der Waals surface area contributed by atoms with Gasteiger partial charge in [0.25, 0.3) is 5.91 Å². The van der Waals surface area contributed by atoms with E-state index >= 15 is 0 Å². The van der Waals surface area contributed by atoms with Crippen LogP contribution in [0.25, 0.3) is 0 Å². The maximum absolute atomic E-state index is 14.0. The zero-order valence-corrected chi connectivity index (χ0v) is 11.6. The molecular weight excluding hydrogens is 282 g/mol. The lowest BCUT2D eigenvalue weighted by atomic mass is 9.94. The summed E-state index contributed by atoms with van der Waals surface area (Å²) in [6.45, 7) is 2.99. The van der Waals surface area contributed by atoms with Crippen molar-refractivity contribution in [1.82, 2.24) is 4.90 Å². The van der Waals surface area contributed by atoms with Crippen LogP contribution in [0.15, 0.2) is 12.1 Å². The summed E-state index contributed by atoms with van der Waals surface area (Å²) >= 11 is 0. The maximum Gasteiger partial charge on any atom is 0.308 e. The molecule has 7 heteroatoms. The van der Waals surface area contributed by atoms with Crippen molar-refractivity contribution in [2.45, 2.75) is 26.2 Å². The molecule has 1 aromatic rings. The Labute approximate surface area is 120 Å². The Balaban J connectivity index is 2.26. The van der Waals surface area contributed by atoms with Gasteiger partial charge < -0.3 is 4.90 Å². The maximum atomic E-state index is 14.0. The van der Waals surface area contributed by atoms with E-state index < -0.39 is 33.7 Å². The molecule has 1 aliphatic rings. The van der Waals surface area contributed by atoms with E-state index in [-0.39, 0.29) is 0 Å². The van der Waals surface area contributed by atoms with Crippen LogP contribution in [0.3, 0.4) is 0 Å². The van der Waals surface area contributed by atoms with Gasteiger partial charge in [-0.3, -0.25) is 14.9 Å². The summed E-state index contributed by atoms with van der Waals surface area (Å²) in [6.07, 6.45) is 2.63. The first-order chi connectivity index (χ1) is 9.93. The molecular formula is C14H16F2N2O3. The minimum atomic E-state index is -1.27. The number of amides is 1. The number of hydrogen-bond donors (Lipinski definition) is 0. The van der Waals surface area contributed by atoms with Crippen molar-refractivity contribution in [3.05, 3.63) is 39.4 Å². The number of halogens is 2. The van der Waals surface area contributed by atoms with Crippen LogP contribution in [-0.4, -0.2) is 28.8 Å². The van der Waals surface area contributed by atoms with Crippen LogP contribution in [0, 0.1) is 27.7 Å². The molecule has 0 unspecified atom stereocenters. The number of nitro benzene ring substituents is 1. The number of rotatable bonds is 3. The molecule has 2 rings (SSSR count). The lowest BCUT2D eigenvalue weighted by Crippen LogP contribution is -2.38. The summed E-state index contributed by atoms with van der Waals surface area (Å²) in [4.78, 5) is 23.3. The van der Waals surface area contributed by atoms with Gasteiger partial charge in [0, 0.05) is 13.1 Å². The first kappa shape index (κ1) is 15.3. The predicted octanol–water partition coefficient (Wildman–Crippen LogP) is 3.14. The average molecular weight is 298 g/mol. The summed E-state index contributed by atoms with van der Waals surface area (Å²) < 4.78 is 27.4. The Morgan fingerprint density at radius 3 is 2.52 bits per heavy atom. The van der Waals surface area contributed by atoms with E-state index in [9.17, 15) is 23.7 Å². The molecule has 1 aliphatic heterocycles.